The molecule has 1 aliphatic carbocycles. The highest BCUT2D eigenvalue weighted by atomic mass is 16.3. The molecular weight excluding hydrogens is 737 g/mol. The fourth-order valence-electron chi connectivity index (χ4n) is 9.55. The molecule has 0 saturated heterocycles. The van der Waals surface area contributed by atoms with Crippen molar-refractivity contribution in [1.29, 1.82) is 0 Å². The maximum Gasteiger partial charge on any atom is 0.164 e. The molecular formula is C54H34N4O2. The topological polar surface area (TPSA) is 69.9 Å². The second-order valence-corrected chi connectivity index (χ2v) is 16.0. The average Bonchev–Trinajstić information content (AvgIpc) is 4.05. The van der Waals surface area contributed by atoms with Crippen LogP contribution in [0.3, 0.4) is 0 Å². The van der Waals surface area contributed by atoms with Gasteiger partial charge in [0.05, 0.1) is 17.9 Å². The van der Waals surface area contributed by atoms with E-state index in [2.05, 4.69) is 97.3 Å². The Morgan fingerprint density at radius 1 is 0.467 bits per heavy atom. The molecule has 0 saturated carbocycles. The Balaban J connectivity index is 1.01. The molecule has 0 amide bonds. The molecule has 0 atom stereocenters. The lowest BCUT2D eigenvalue weighted by atomic mass is 9.82. The quantitative estimate of drug-likeness (QED) is 0.178. The monoisotopic (exact) mass is 775 g/mol. The summed E-state index contributed by atoms with van der Waals surface area (Å²) in [6, 6.07) is 45.2. The standard InChI is InChI=1S/C54H34N4O2/c1-54(2)42-19-9-6-15-34(42)40-29-41-35-16-7-10-20-44(35)58(45(41)30-43(40)54)33-24-26-38-49(28-33)60-47-22-12-18-39(50(38)47)53-56-51(31-13-4-3-5-14-31)55-52(57-53)32-23-25-37-36-17-8-11-21-46(36)59-48(37)27-32/h3-30H,1-2H3/i3D,4D,5D,13D,14D. The number of rotatable bonds is 4. The molecule has 12 aromatic rings. The van der Waals surface area contributed by atoms with Gasteiger partial charge in [-0.25, -0.2) is 15.0 Å². The van der Waals surface area contributed by atoms with E-state index in [0.717, 1.165) is 43.8 Å². The fourth-order valence-corrected chi connectivity index (χ4v) is 9.55. The van der Waals surface area contributed by atoms with E-state index >= 15 is 0 Å². The first-order chi connectivity index (χ1) is 31.5. The van der Waals surface area contributed by atoms with Crippen LogP contribution in [0.4, 0.5) is 0 Å². The van der Waals surface area contributed by atoms with Gasteiger partial charge in [0, 0.05) is 66.2 Å². The highest BCUT2D eigenvalue weighted by Gasteiger charge is 2.36. The van der Waals surface area contributed by atoms with Crippen LogP contribution in [0, 0.1) is 0 Å². The summed E-state index contributed by atoms with van der Waals surface area (Å²) in [7, 11) is 0. The molecule has 282 valence electrons. The Morgan fingerprint density at radius 3 is 2.05 bits per heavy atom. The summed E-state index contributed by atoms with van der Waals surface area (Å²) in [4.78, 5) is 14.7. The van der Waals surface area contributed by atoms with E-state index in [1.807, 2.05) is 60.7 Å². The molecule has 0 unspecified atom stereocenters. The molecule has 4 heterocycles. The number of fused-ring (bicyclic) bond motifs is 12. The molecule has 4 aromatic heterocycles. The van der Waals surface area contributed by atoms with Crippen molar-refractivity contribution >= 4 is 65.7 Å². The zero-order valence-electron chi connectivity index (χ0n) is 37.4. The van der Waals surface area contributed by atoms with Crippen molar-refractivity contribution in [2.24, 2.45) is 0 Å². The van der Waals surface area contributed by atoms with E-state index in [-0.39, 0.29) is 28.5 Å². The summed E-state index contributed by atoms with van der Waals surface area (Å²) in [5, 5.41) is 5.86. The number of nitrogens with zero attached hydrogens (tertiary/aromatic N) is 4. The highest BCUT2D eigenvalue weighted by molar-refractivity contribution is 6.14. The molecule has 8 aromatic carbocycles. The molecule has 0 aliphatic heterocycles. The molecule has 0 bridgehead atoms. The van der Waals surface area contributed by atoms with E-state index in [1.165, 1.54) is 33.0 Å². The number of benzene rings is 8. The van der Waals surface area contributed by atoms with Gasteiger partial charge in [-0.3, -0.25) is 0 Å². The van der Waals surface area contributed by atoms with Crippen LogP contribution in [0.15, 0.2) is 179 Å². The number of aromatic nitrogens is 4. The zero-order valence-corrected chi connectivity index (χ0v) is 32.4. The third kappa shape index (κ3) is 4.67. The van der Waals surface area contributed by atoms with Crippen LogP contribution in [-0.2, 0) is 5.41 Å². The zero-order chi connectivity index (χ0) is 44.0. The molecule has 0 spiro atoms. The SMILES string of the molecule is [2H]c1c([2H])c([2H])c(-c2nc(-c3ccc4c(c3)oc3ccccc34)nc(-c3cccc4oc5cc(-n6c7ccccc7c7cc8c(cc76)C(C)(C)c6ccccc6-8)ccc5c34)n2)c([2H])c1[2H]. The normalized spacial score (nSPS) is 14.5. The minimum Gasteiger partial charge on any atom is -0.456 e. The Hall–Kier alpha value is -7.83. The van der Waals surface area contributed by atoms with E-state index < -0.39 is 30.2 Å². The average molecular weight is 776 g/mol. The lowest BCUT2D eigenvalue weighted by molar-refractivity contribution is 0.661. The van der Waals surface area contributed by atoms with Crippen molar-refractivity contribution in [3.63, 3.8) is 0 Å². The van der Waals surface area contributed by atoms with Crippen molar-refractivity contribution in [2.45, 2.75) is 19.3 Å². The van der Waals surface area contributed by atoms with Gasteiger partial charge in [-0.2, -0.15) is 0 Å². The second kappa shape index (κ2) is 12.1. The molecule has 0 N–H and O–H groups in total. The molecule has 1 aliphatic rings. The lowest BCUT2D eigenvalue weighted by Gasteiger charge is -2.21. The van der Waals surface area contributed by atoms with Gasteiger partial charge in [-0.05, 0) is 76.9 Å². The third-order valence-corrected chi connectivity index (χ3v) is 12.4. The first-order valence-corrected chi connectivity index (χ1v) is 19.9. The van der Waals surface area contributed by atoms with Gasteiger partial charge in [0.25, 0.3) is 0 Å². The van der Waals surface area contributed by atoms with Crippen LogP contribution in [-0.4, -0.2) is 19.5 Å². The smallest absolute Gasteiger partial charge is 0.164 e. The van der Waals surface area contributed by atoms with Crippen LogP contribution < -0.4 is 0 Å². The first kappa shape index (κ1) is 28.6. The summed E-state index contributed by atoms with van der Waals surface area (Å²) in [6.07, 6.45) is 0. The number of hydrogen-bond donors (Lipinski definition) is 0. The van der Waals surface area contributed by atoms with E-state index in [9.17, 15) is 0 Å². The van der Waals surface area contributed by atoms with Gasteiger partial charge < -0.3 is 13.4 Å². The molecule has 6 nitrogen and oxygen atoms in total. The Labute approximate surface area is 351 Å². The van der Waals surface area contributed by atoms with Crippen molar-refractivity contribution in [2.75, 3.05) is 0 Å². The van der Waals surface area contributed by atoms with E-state index in [0.29, 0.717) is 27.9 Å². The Bertz CT molecular complexity index is 4040. The lowest BCUT2D eigenvalue weighted by Crippen LogP contribution is -2.14. The maximum absolute atomic E-state index is 8.87. The van der Waals surface area contributed by atoms with Crippen LogP contribution in [0.5, 0.6) is 0 Å². The maximum atomic E-state index is 8.87. The highest BCUT2D eigenvalue weighted by Crippen LogP contribution is 2.51. The van der Waals surface area contributed by atoms with Gasteiger partial charge in [0.15, 0.2) is 17.5 Å². The minimum atomic E-state index is -0.498. The Morgan fingerprint density at radius 2 is 1.15 bits per heavy atom. The fraction of sp³-hybridized carbons (Fsp3) is 0.0556. The van der Waals surface area contributed by atoms with Gasteiger partial charge in [0.2, 0.25) is 0 Å². The molecule has 13 rings (SSSR count). The third-order valence-electron chi connectivity index (χ3n) is 12.4. The van der Waals surface area contributed by atoms with Gasteiger partial charge in [0.1, 0.15) is 22.3 Å². The second-order valence-electron chi connectivity index (χ2n) is 16.0. The largest absolute Gasteiger partial charge is 0.456 e. The number of para-hydroxylation sites is 2. The van der Waals surface area contributed by atoms with E-state index in [1.54, 1.807) is 0 Å². The predicted octanol–water partition coefficient (Wildman–Crippen LogP) is 14.1. The summed E-state index contributed by atoms with van der Waals surface area (Å²) < 4.78 is 58.2. The summed E-state index contributed by atoms with van der Waals surface area (Å²) in [5.74, 6) is 0.442. The molecule has 60 heavy (non-hydrogen) atoms. The molecule has 0 radical (unpaired) electrons. The molecule has 0 fully saturated rings. The van der Waals surface area contributed by atoms with Gasteiger partial charge in [-0.15, -0.1) is 0 Å². The summed E-state index contributed by atoms with van der Waals surface area (Å²) in [5.41, 5.74) is 11.9. The van der Waals surface area contributed by atoms with Crippen LogP contribution in [0.25, 0.3) is 117 Å². The van der Waals surface area contributed by atoms with Crippen molar-refractivity contribution in [3.8, 4) is 51.0 Å². The minimum absolute atomic E-state index is 0.0529. The molecule has 6 heteroatoms. The van der Waals surface area contributed by atoms with Gasteiger partial charge in [-0.1, -0.05) is 123 Å². The Kier molecular flexibility index (Phi) is 5.76. The summed E-state index contributed by atoms with van der Waals surface area (Å²) >= 11 is 0. The van der Waals surface area contributed by atoms with Crippen molar-refractivity contribution in [3.05, 3.63) is 181 Å². The number of furan rings is 2. The van der Waals surface area contributed by atoms with Crippen LogP contribution in [0.1, 0.15) is 31.8 Å². The van der Waals surface area contributed by atoms with Crippen LogP contribution in [0.2, 0.25) is 0 Å². The van der Waals surface area contributed by atoms with Crippen molar-refractivity contribution < 1.29 is 15.7 Å². The predicted molar refractivity (Wildman–Crippen MR) is 243 cm³/mol. The first-order valence-electron chi connectivity index (χ1n) is 22.4. The van der Waals surface area contributed by atoms with Crippen molar-refractivity contribution in [1.82, 2.24) is 19.5 Å². The summed E-state index contributed by atoms with van der Waals surface area (Å²) in [6.45, 7) is 4.60. The number of hydrogen-bond acceptors (Lipinski definition) is 5. The van der Waals surface area contributed by atoms with Crippen LogP contribution >= 0.6 is 0 Å². The van der Waals surface area contributed by atoms with Gasteiger partial charge >= 0.3 is 0 Å². The van der Waals surface area contributed by atoms with E-state index in [4.69, 9.17) is 30.6 Å².